The van der Waals surface area contributed by atoms with Crippen LogP contribution in [0, 0.1) is 12.3 Å². The molecule has 4 N–H and O–H groups in total. The Morgan fingerprint density at radius 1 is 0.840 bits per heavy atom. The van der Waals surface area contributed by atoms with E-state index in [1.54, 1.807) is 17.4 Å². The lowest BCUT2D eigenvalue weighted by Gasteiger charge is -2.46. The van der Waals surface area contributed by atoms with Crippen molar-refractivity contribution in [1.29, 1.82) is 0 Å². The first kappa shape index (κ1) is 53.2. The monoisotopic (exact) mass is 1030 g/mol. The highest BCUT2D eigenvalue weighted by Gasteiger charge is 2.48. The van der Waals surface area contributed by atoms with Crippen molar-refractivity contribution in [2.45, 2.75) is 83.2 Å². The summed E-state index contributed by atoms with van der Waals surface area (Å²) in [5.74, 6) is 0.532. The number of likely N-dealkylation sites (tertiary alicyclic amines) is 1. The van der Waals surface area contributed by atoms with Crippen LogP contribution in [0.2, 0.25) is 0 Å². The van der Waals surface area contributed by atoms with E-state index < -0.39 is 41.0 Å². The Kier molecular flexibility index (Phi) is 17.0. The first-order valence-electron chi connectivity index (χ1n) is 26.2. The first-order chi connectivity index (χ1) is 36.2. The molecule has 0 bridgehead atoms. The van der Waals surface area contributed by atoms with Crippen molar-refractivity contribution in [2.75, 3.05) is 65.6 Å². The molecule has 1 aliphatic carbocycles. The Morgan fingerprint density at radius 3 is 2.19 bits per heavy atom. The van der Waals surface area contributed by atoms with Crippen molar-refractivity contribution in [3.05, 3.63) is 166 Å². The SMILES string of the molecule is Cc1ncsc1-c1ccc(CNC(=O)[C@@H]2C[C@@H](O)CN2C(=O)[C@@H](NC(=O)COCCN2CCN(CCOc3ccc([C@@H]4c5ccc(O)cc5CC[C@@]4(Oc4ccccc4)c4ccccc4)cc3)CC2)C(C)(C)C)cc1. The second kappa shape index (κ2) is 23.9. The van der Waals surface area contributed by atoms with Gasteiger partial charge in [0.2, 0.25) is 17.7 Å². The third kappa shape index (κ3) is 12.9. The van der Waals surface area contributed by atoms with Gasteiger partial charge in [0.1, 0.15) is 48.1 Å². The second-order valence-corrected chi connectivity index (χ2v) is 21.9. The highest BCUT2D eigenvalue weighted by Crippen LogP contribution is 2.52. The number of nitrogens with one attached hydrogen (secondary N) is 2. The molecule has 0 radical (unpaired) electrons. The Bertz CT molecular complexity index is 2850. The molecule has 9 rings (SSSR count). The average Bonchev–Trinajstić information content (AvgIpc) is 4.04. The van der Waals surface area contributed by atoms with E-state index >= 15 is 0 Å². The van der Waals surface area contributed by atoms with Crippen LogP contribution in [-0.4, -0.2) is 131 Å². The summed E-state index contributed by atoms with van der Waals surface area (Å²) in [6, 6.07) is 40.7. The van der Waals surface area contributed by atoms with Gasteiger partial charge in [0, 0.05) is 58.8 Å². The van der Waals surface area contributed by atoms with Gasteiger partial charge in [-0.25, -0.2) is 4.98 Å². The van der Waals surface area contributed by atoms with Gasteiger partial charge in [0.05, 0.1) is 34.7 Å². The molecule has 1 aromatic heterocycles. The number of aliphatic hydroxyl groups is 1. The number of piperazine rings is 1. The predicted molar refractivity (Wildman–Crippen MR) is 291 cm³/mol. The number of phenolic OH excluding ortho intramolecular Hbond substituents is 1. The van der Waals surface area contributed by atoms with Crippen molar-refractivity contribution in [3.63, 3.8) is 0 Å². The summed E-state index contributed by atoms with van der Waals surface area (Å²) >= 11 is 1.58. The number of aliphatic hydroxyl groups excluding tert-OH is 1. The van der Waals surface area contributed by atoms with Crippen LogP contribution in [0.5, 0.6) is 17.2 Å². The van der Waals surface area contributed by atoms with Gasteiger partial charge in [-0.1, -0.05) is 112 Å². The molecule has 2 aliphatic heterocycles. The van der Waals surface area contributed by atoms with Crippen LogP contribution in [-0.2, 0) is 37.7 Å². The predicted octanol–water partition coefficient (Wildman–Crippen LogP) is 7.70. The van der Waals surface area contributed by atoms with E-state index in [-0.39, 0.29) is 43.7 Å². The Hall–Kier alpha value is -6.62. The second-order valence-electron chi connectivity index (χ2n) is 21.1. The molecule has 0 unspecified atom stereocenters. The zero-order chi connectivity index (χ0) is 52.5. The summed E-state index contributed by atoms with van der Waals surface area (Å²) in [6.45, 7) is 13.4. The molecule has 6 aromatic rings. The van der Waals surface area contributed by atoms with Crippen molar-refractivity contribution in [3.8, 4) is 27.7 Å². The number of hydrogen-bond donors (Lipinski definition) is 4. The van der Waals surface area contributed by atoms with Crippen molar-refractivity contribution in [1.82, 2.24) is 30.3 Å². The molecule has 5 atom stereocenters. The Morgan fingerprint density at radius 2 is 1.52 bits per heavy atom. The molecule has 15 heteroatoms. The number of fused-ring (bicyclic) bond motifs is 1. The number of benzene rings is 5. The van der Waals surface area contributed by atoms with E-state index in [4.69, 9.17) is 14.2 Å². The summed E-state index contributed by atoms with van der Waals surface area (Å²) in [5, 5.41) is 26.9. The molecule has 2 saturated heterocycles. The van der Waals surface area contributed by atoms with E-state index in [1.165, 1.54) is 4.90 Å². The van der Waals surface area contributed by atoms with Gasteiger partial charge >= 0.3 is 0 Å². The molecule has 14 nitrogen and oxygen atoms in total. The summed E-state index contributed by atoms with van der Waals surface area (Å²) in [7, 11) is 0. The zero-order valence-electron chi connectivity index (χ0n) is 43.5. The number of amides is 3. The Balaban J connectivity index is 0.714. The molecule has 394 valence electrons. The summed E-state index contributed by atoms with van der Waals surface area (Å²) in [5.41, 5.74) is 7.84. The van der Waals surface area contributed by atoms with Gasteiger partial charge in [-0.3, -0.25) is 24.2 Å². The zero-order valence-corrected chi connectivity index (χ0v) is 44.3. The molecular weight excluding hydrogens is 965 g/mol. The van der Waals surface area contributed by atoms with Crippen LogP contribution < -0.4 is 20.1 Å². The number of hydrogen-bond acceptors (Lipinski definition) is 12. The van der Waals surface area contributed by atoms with Crippen LogP contribution in [0.25, 0.3) is 10.4 Å². The van der Waals surface area contributed by atoms with Gasteiger partial charge in [0.15, 0.2) is 0 Å². The largest absolute Gasteiger partial charge is 0.508 e. The van der Waals surface area contributed by atoms with Gasteiger partial charge in [0.25, 0.3) is 0 Å². The molecule has 0 saturated carbocycles. The van der Waals surface area contributed by atoms with Gasteiger partial charge in [-0.2, -0.15) is 0 Å². The maximum Gasteiger partial charge on any atom is 0.246 e. The quantitative estimate of drug-likeness (QED) is 0.0588. The van der Waals surface area contributed by atoms with Crippen LogP contribution in [0.1, 0.15) is 73.0 Å². The lowest BCUT2D eigenvalue weighted by Crippen LogP contribution is -2.58. The van der Waals surface area contributed by atoms with Gasteiger partial charge in [-0.15, -0.1) is 11.3 Å². The van der Waals surface area contributed by atoms with Crippen molar-refractivity contribution in [2.24, 2.45) is 5.41 Å². The van der Waals surface area contributed by atoms with Crippen LogP contribution >= 0.6 is 11.3 Å². The number of thiazole rings is 1. The number of para-hydroxylation sites is 1. The summed E-state index contributed by atoms with van der Waals surface area (Å²) < 4.78 is 19.3. The third-order valence-corrected chi connectivity index (χ3v) is 15.8. The fourth-order valence-electron chi connectivity index (χ4n) is 10.8. The molecule has 3 heterocycles. The summed E-state index contributed by atoms with van der Waals surface area (Å²) in [6.07, 6.45) is 0.746. The number of aromatic hydroxyl groups is 1. The number of carbonyl (C=O) groups is 3. The van der Waals surface area contributed by atoms with Crippen molar-refractivity contribution >= 4 is 29.1 Å². The number of aryl methyl sites for hydroxylation is 2. The first-order valence-corrected chi connectivity index (χ1v) is 27.0. The fraction of sp³-hybridized carbons (Fsp3) is 0.400. The van der Waals surface area contributed by atoms with Crippen LogP contribution in [0.3, 0.4) is 0 Å². The maximum absolute atomic E-state index is 14.1. The molecule has 2 fully saturated rings. The van der Waals surface area contributed by atoms with Crippen molar-refractivity contribution < 1.29 is 38.8 Å². The minimum Gasteiger partial charge on any atom is -0.508 e. The average molecular weight is 1040 g/mol. The lowest BCUT2D eigenvalue weighted by molar-refractivity contribution is -0.144. The van der Waals surface area contributed by atoms with E-state index in [1.807, 2.05) is 118 Å². The molecule has 3 aliphatic rings. The van der Waals surface area contributed by atoms with Crippen LogP contribution in [0.4, 0.5) is 0 Å². The van der Waals surface area contributed by atoms with E-state index in [9.17, 15) is 24.6 Å². The number of ether oxygens (including phenoxy) is 3. The normalized spacial score (nSPS) is 20.5. The Labute approximate surface area is 444 Å². The number of nitrogens with zero attached hydrogens (tertiary/aromatic N) is 4. The number of phenols is 1. The minimum atomic E-state index is -0.939. The summed E-state index contributed by atoms with van der Waals surface area (Å²) in [4.78, 5) is 52.4. The number of carbonyl (C=O) groups excluding carboxylic acids is 3. The fourth-order valence-corrected chi connectivity index (χ4v) is 11.6. The lowest BCUT2D eigenvalue weighted by atomic mass is 9.65. The molecule has 0 spiro atoms. The minimum absolute atomic E-state index is 0.000721. The van der Waals surface area contributed by atoms with E-state index in [2.05, 4.69) is 61.8 Å². The highest BCUT2D eigenvalue weighted by atomic mass is 32.1. The maximum atomic E-state index is 14.1. The third-order valence-electron chi connectivity index (χ3n) is 14.8. The highest BCUT2D eigenvalue weighted by molar-refractivity contribution is 7.13. The number of β-amino-alcohol motifs (C(OH)–C–C–N with tert-alkyl or cyclic N) is 1. The van der Waals surface area contributed by atoms with Gasteiger partial charge in [-0.05, 0) is 95.0 Å². The molecular formula is C60H70N6O8S. The number of aromatic nitrogens is 1. The standard InChI is InChI=1S/C60H70N6O8S/c1-41-55(75-40-62-41)44-17-15-42(16-18-44)37-61-57(70)52-36-48(68)38-66(52)58(71)56(59(2,3)4)63-53(69)39-72-33-31-64-27-29-65(30-28-64)32-34-73-49-22-19-43(20-23-49)54-51-24-21-47(67)35-45(51)25-26-60(54,46-11-7-5-8-12-46)74-50-13-9-6-10-14-50/h5-24,35,40,48,52,54,56,67-68H,25-34,36-39H2,1-4H3,(H,61,70)(H,63,69)/t48-,52+,54-,56-,60-/m1/s1. The topological polar surface area (TPSA) is 166 Å². The smallest absolute Gasteiger partial charge is 0.246 e. The molecule has 5 aromatic carbocycles. The molecule has 75 heavy (non-hydrogen) atoms. The van der Waals surface area contributed by atoms with E-state index in [0.29, 0.717) is 19.8 Å². The molecule has 3 amide bonds. The van der Waals surface area contributed by atoms with Crippen LogP contribution in [0.15, 0.2) is 133 Å². The van der Waals surface area contributed by atoms with Gasteiger partial charge < -0.3 is 40.0 Å². The number of rotatable bonds is 19. The van der Waals surface area contributed by atoms with E-state index in [0.717, 1.165) is 101 Å².